The summed E-state index contributed by atoms with van der Waals surface area (Å²) in [5.41, 5.74) is 3.81. The maximum absolute atomic E-state index is 12.3. The minimum absolute atomic E-state index is 0.0450. The number of carbonyl (C=O) groups excluding carboxylic acids is 2. The third-order valence-corrected chi connectivity index (χ3v) is 5.56. The first-order valence-electron chi connectivity index (χ1n) is 9.94. The standard InChI is InChI=1S/C24H25NO3/c1-16(26)21-9-5-6-10-22(21)18-11-12-23-19(13-18)14-20(28-23)15-25-24(27)17-7-3-2-4-8-17/h2-3,5-6,9-13,17,20H,4,7-8,14-15H2,1H3,(H,25,27)/t17-,20-/m1/s1. The zero-order valence-electron chi connectivity index (χ0n) is 16.1. The number of amides is 1. The van der Waals surface area contributed by atoms with E-state index < -0.39 is 0 Å². The van der Waals surface area contributed by atoms with Crippen molar-refractivity contribution < 1.29 is 14.3 Å². The summed E-state index contributed by atoms with van der Waals surface area (Å²) < 4.78 is 6.02. The number of fused-ring (bicyclic) bond motifs is 1. The molecule has 1 aliphatic heterocycles. The maximum Gasteiger partial charge on any atom is 0.223 e. The van der Waals surface area contributed by atoms with Crippen molar-refractivity contribution >= 4 is 11.7 Å². The van der Waals surface area contributed by atoms with Crippen LogP contribution in [0.15, 0.2) is 54.6 Å². The number of ether oxygens (including phenoxy) is 1. The average Bonchev–Trinajstić information content (AvgIpc) is 3.14. The minimum Gasteiger partial charge on any atom is -0.488 e. The van der Waals surface area contributed by atoms with Gasteiger partial charge < -0.3 is 10.1 Å². The fraction of sp³-hybridized carbons (Fsp3) is 0.333. The summed E-state index contributed by atoms with van der Waals surface area (Å²) in [6.45, 7) is 2.11. The number of Topliss-reactive ketones (excluding diaryl/α,β-unsaturated/α-hetero) is 1. The van der Waals surface area contributed by atoms with E-state index in [9.17, 15) is 9.59 Å². The topological polar surface area (TPSA) is 55.4 Å². The first kappa shape index (κ1) is 18.5. The number of rotatable bonds is 5. The van der Waals surface area contributed by atoms with Gasteiger partial charge in [-0.1, -0.05) is 42.5 Å². The average molecular weight is 375 g/mol. The molecule has 0 aromatic heterocycles. The number of ketones is 1. The Morgan fingerprint density at radius 1 is 1.14 bits per heavy atom. The van der Waals surface area contributed by atoms with Crippen molar-refractivity contribution in [2.24, 2.45) is 5.92 Å². The third kappa shape index (κ3) is 3.86. The molecule has 0 saturated carbocycles. The largest absolute Gasteiger partial charge is 0.488 e. The molecule has 144 valence electrons. The van der Waals surface area contributed by atoms with E-state index in [1.165, 1.54) is 0 Å². The van der Waals surface area contributed by atoms with Gasteiger partial charge in [0, 0.05) is 17.9 Å². The van der Waals surface area contributed by atoms with Gasteiger partial charge in [0.2, 0.25) is 5.91 Å². The van der Waals surface area contributed by atoms with E-state index in [4.69, 9.17) is 4.74 Å². The molecule has 1 aliphatic carbocycles. The Kier molecular flexibility index (Phi) is 5.29. The maximum atomic E-state index is 12.3. The van der Waals surface area contributed by atoms with Crippen LogP contribution in [0.3, 0.4) is 0 Å². The quantitative estimate of drug-likeness (QED) is 0.625. The number of hydrogen-bond acceptors (Lipinski definition) is 3. The lowest BCUT2D eigenvalue weighted by molar-refractivity contribution is -0.125. The molecular weight excluding hydrogens is 350 g/mol. The Morgan fingerprint density at radius 3 is 2.79 bits per heavy atom. The molecule has 1 heterocycles. The van der Waals surface area contributed by atoms with Crippen LogP contribution in [0.4, 0.5) is 0 Å². The first-order valence-corrected chi connectivity index (χ1v) is 9.94. The molecule has 0 radical (unpaired) electrons. The van der Waals surface area contributed by atoms with Crippen LogP contribution in [0, 0.1) is 5.92 Å². The van der Waals surface area contributed by atoms with Crippen molar-refractivity contribution in [3.05, 3.63) is 65.7 Å². The molecule has 0 spiro atoms. The van der Waals surface area contributed by atoms with Crippen LogP contribution in [0.2, 0.25) is 0 Å². The highest BCUT2D eigenvalue weighted by Gasteiger charge is 2.26. The van der Waals surface area contributed by atoms with Crippen LogP contribution in [0.25, 0.3) is 11.1 Å². The molecule has 0 saturated heterocycles. The van der Waals surface area contributed by atoms with Gasteiger partial charge in [-0.2, -0.15) is 0 Å². The van der Waals surface area contributed by atoms with E-state index in [1.54, 1.807) is 6.92 Å². The van der Waals surface area contributed by atoms with Gasteiger partial charge in [0.25, 0.3) is 0 Å². The predicted molar refractivity (Wildman–Crippen MR) is 109 cm³/mol. The second-order valence-electron chi connectivity index (χ2n) is 7.59. The summed E-state index contributed by atoms with van der Waals surface area (Å²) in [5, 5.41) is 3.06. The molecule has 1 amide bonds. The highest BCUT2D eigenvalue weighted by molar-refractivity contribution is 6.00. The van der Waals surface area contributed by atoms with Gasteiger partial charge >= 0.3 is 0 Å². The van der Waals surface area contributed by atoms with E-state index >= 15 is 0 Å². The molecular formula is C24H25NO3. The number of nitrogens with one attached hydrogen (secondary N) is 1. The summed E-state index contributed by atoms with van der Waals surface area (Å²) in [7, 11) is 0. The zero-order valence-corrected chi connectivity index (χ0v) is 16.1. The number of allylic oxidation sites excluding steroid dienone is 2. The van der Waals surface area contributed by atoms with Crippen molar-refractivity contribution in [2.75, 3.05) is 6.54 Å². The molecule has 2 aliphatic rings. The Morgan fingerprint density at radius 2 is 2.00 bits per heavy atom. The summed E-state index contributed by atoms with van der Waals surface area (Å²) in [6.07, 6.45) is 7.68. The smallest absolute Gasteiger partial charge is 0.223 e. The molecule has 2 aromatic carbocycles. The van der Waals surface area contributed by atoms with E-state index in [0.717, 1.165) is 53.7 Å². The highest BCUT2D eigenvalue weighted by atomic mass is 16.5. The van der Waals surface area contributed by atoms with Gasteiger partial charge in [0.15, 0.2) is 5.78 Å². The molecule has 0 fully saturated rings. The molecule has 4 rings (SSSR count). The monoisotopic (exact) mass is 375 g/mol. The Labute approximate surface area is 165 Å². The fourth-order valence-electron chi connectivity index (χ4n) is 4.03. The molecule has 2 aromatic rings. The molecule has 28 heavy (non-hydrogen) atoms. The summed E-state index contributed by atoms with van der Waals surface area (Å²) in [4.78, 5) is 24.3. The number of benzene rings is 2. The zero-order chi connectivity index (χ0) is 19.5. The van der Waals surface area contributed by atoms with Gasteiger partial charge in [-0.25, -0.2) is 0 Å². The number of hydrogen-bond donors (Lipinski definition) is 1. The van der Waals surface area contributed by atoms with Gasteiger partial charge in [-0.3, -0.25) is 9.59 Å². The van der Waals surface area contributed by atoms with Gasteiger partial charge in [0.05, 0.1) is 6.54 Å². The summed E-state index contributed by atoms with van der Waals surface area (Å²) >= 11 is 0. The Bertz CT molecular complexity index is 931. The summed E-state index contributed by atoms with van der Waals surface area (Å²) in [5.74, 6) is 1.14. The lowest BCUT2D eigenvalue weighted by Crippen LogP contribution is -2.38. The van der Waals surface area contributed by atoms with E-state index in [1.807, 2.05) is 36.4 Å². The predicted octanol–water partition coefficient (Wildman–Crippen LogP) is 4.33. The minimum atomic E-state index is -0.0450. The Balaban J connectivity index is 1.43. The molecule has 4 nitrogen and oxygen atoms in total. The van der Waals surface area contributed by atoms with Gasteiger partial charge in [0.1, 0.15) is 11.9 Å². The van der Waals surface area contributed by atoms with Crippen LogP contribution in [-0.4, -0.2) is 24.3 Å². The van der Waals surface area contributed by atoms with E-state index in [2.05, 4.69) is 23.5 Å². The molecule has 1 N–H and O–H groups in total. The fourth-order valence-corrected chi connectivity index (χ4v) is 4.03. The highest BCUT2D eigenvalue weighted by Crippen LogP contribution is 2.34. The Hall–Kier alpha value is -2.88. The van der Waals surface area contributed by atoms with E-state index in [-0.39, 0.29) is 23.7 Å². The first-order chi connectivity index (χ1) is 13.6. The van der Waals surface area contributed by atoms with E-state index in [0.29, 0.717) is 6.54 Å². The molecule has 2 atom stereocenters. The lowest BCUT2D eigenvalue weighted by atomic mass is 9.93. The van der Waals surface area contributed by atoms with Crippen molar-refractivity contribution in [2.45, 2.75) is 38.7 Å². The third-order valence-electron chi connectivity index (χ3n) is 5.56. The van der Waals surface area contributed by atoms with Crippen LogP contribution in [0.5, 0.6) is 5.75 Å². The van der Waals surface area contributed by atoms with Crippen LogP contribution >= 0.6 is 0 Å². The summed E-state index contributed by atoms with van der Waals surface area (Å²) in [6, 6.07) is 13.7. The van der Waals surface area contributed by atoms with Crippen LogP contribution in [0.1, 0.15) is 42.1 Å². The SMILES string of the molecule is CC(=O)c1ccccc1-c1ccc2c(c1)C[C@H](CNC(=O)[C@@H]1CC=CCC1)O2. The second kappa shape index (κ2) is 8.01. The molecule has 0 bridgehead atoms. The second-order valence-corrected chi connectivity index (χ2v) is 7.59. The molecule has 0 unspecified atom stereocenters. The van der Waals surface area contributed by atoms with Crippen molar-refractivity contribution in [1.29, 1.82) is 0 Å². The van der Waals surface area contributed by atoms with Crippen LogP contribution in [-0.2, 0) is 11.2 Å². The number of carbonyl (C=O) groups is 2. The van der Waals surface area contributed by atoms with Gasteiger partial charge in [-0.15, -0.1) is 0 Å². The lowest BCUT2D eigenvalue weighted by Gasteiger charge is -2.19. The van der Waals surface area contributed by atoms with Crippen molar-refractivity contribution in [3.8, 4) is 16.9 Å². The van der Waals surface area contributed by atoms with Crippen LogP contribution < -0.4 is 10.1 Å². The van der Waals surface area contributed by atoms with Crippen molar-refractivity contribution in [3.63, 3.8) is 0 Å². The van der Waals surface area contributed by atoms with Gasteiger partial charge in [-0.05, 0) is 55.0 Å². The molecule has 4 heteroatoms. The normalized spacial score (nSPS) is 20.3. The van der Waals surface area contributed by atoms with Crippen molar-refractivity contribution in [1.82, 2.24) is 5.32 Å².